The highest BCUT2D eigenvalue weighted by Crippen LogP contribution is 2.64. The van der Waals surface area contributed by atoms with Crippen molar-refractivity contribution in [3.8, 4) is 5.75 Å². The van der Waals surface area contributed by atoms with E-state index in [2.05, 4.69) is 5.43 Å². The van der Waals surface area contributed by atoms with E-state index >= 15 is 4.79 Å². The number of allylic oxidation sites excluding steroid dienone is 2. The molecule has 0 radical (unpaired) electrons. The van der Waals surface area contributed by atoms with Crippen LogP contribution in [0.4, 0.5) is 5.69 Å². The number of rotatable bonds is 8. The number of aliphatic hydroxyl groups excluding tert-OH is 1. The monoisotopic (exact) mass is 725 g/mol. The Kier molecular flexibility index (Phi) is 8.28. The molecule has 6 atom stereocenters. The molecule has 3 fully saturated rings. The van der Waals surface area contributed by atoms with Gasteiger partial charge in [-0.25, -0.2) is 0 Å². The third-order valence-electron chi connectivity index (χ3n) is 11.0. The van der Waals surface area contributed by atoms with Gasteiger partial charge in [0.2, 0.25) is 11.8 Å². The lowest BCUT2D eigenvalue weighted by Crippen LogP contribution is -2.53. The van der Waals surface area contributed by atoms with Crippen LogP contribution < -0.4 is 10.2 Å². The van der Waals surface area contributed by atoms with Crippen molar-refractivity contribution in [1.82, 2.24) is 9.91 Å². The number of halogens is 2. The zero-order valence-electron chi connectivity index (χ0n) is 27.4. The number of furan rings is 1. The molecule has 3 aromatic carbocycles. The van der Waals surface area contributed by atoms with E-state index in [0.29, 0.717) is 27.8 Å². The van der Waals surface area contributed by atoms with Crippen molar-refractivity contribution >= 4 is 52.5 Å². The van der Waals surface area contributed by atoms with Crippen molar-refractivity contribution in [2.24, 2.45) is 23.7 Å². The summed E-state index contributed by atoms with van der Waals surface area (Å²) in [5.74, 6) is -4.15. The molecule has 8 rings (SSSR count). The second-order valence-electron chi connectivity index (χ2n) is 13.4. The number of imide groups is 2. The van der Waals surface area contributed by atoms with Crippen LogP contribution >= 0.6 is 23.2 Å². The number of ether oxygens (including phenoxy) is 1. The molecule has 0 spiro atoms. The van der Waals surface area contributed by atoms with Crippen LogP contribution in [0.25, 0.3) is 0 Å². The molecule has 1 aromatic heterocycles. The van der Waals surface area contributed by atoms with Crippen LogP contribution in [0, 0.1) is 23.7 Å². The molecule has 6 unspecified atom stereocenters. The highest BCUT2D eigenvalue weighted by atomic mass is 35.5. The second-order valence-corrected chi connectivity index (χ2v) is 14.3. The molecule has 4 aliphatic rings. The Bertz CT molecular complexity index is 2100. The zero-order chi connectivity index (χ0) is 35.6. The molecule has 51 heavy (non-hydrogen) atoms. The van der Waals surface area contributed by atoms with E-state index in [1.807, 2.05) is 36.4 Å². The van der Waals surface area contributed by atoms with E-state index in [1.54, 1.807) is 55.6 Å². The van der Waals surface area contributed by atoms with Crippen molar-refractivity contribution in [3.05, 3.63) is 129 Å². The van der Waals surface area contributed by atoms with Gasteiger partial charge in [0, 0.05) is 5.02 Å². The lowest BCUT2D eigenvalue weighted by molar-refractivity contribution is -0.142. The first-order valence-corrected chi connectivity index (χ1v) is 17.5. The molecule has 2 saturated heterocycles. The minimum atomic E-state index is -1.55. The Labute approximate surface area is 303 Å². The highest BCUT2D eigenvalue weighted by Gasteiger charge is 2.71. The summed E-state index contributed by atoms with van der Waals surface area (Å²) < 4.78 is 11.7. The molecule has 260 valence electrons. The fourth-order valence-electron chi connectivity index (χ4n) is 8.77. The third-order valence-corrected chi connectivity index (χ3v) is 11.5. The number of carbonyl (C=O) groups excluding carboxylic acids is 4. The Hall–Kier alpha value is -4.90. The first kappa shape index (κ1) is 33.3. The standard InChI is InChI=1S/C39H33Cl2N3O7/c1-50-24-10-7-22(8-11-24)39-29(36(47)44(38(39)49)42-31-15-9-23(40)17-30(31)41)18-28-26(34(39)32-16-12-25(20-45)51-32)13-14-27-33(28)37(48)43(35(27)46)19-21-5-3-2-4-6-21/h2-13,15-17,27-29,33-34,42,45H,14,18-20H2,1H3. The topological polar surface area (TPSA) is 129 Å². The van der Waals surface area contributed by atoms with E-state index < -0.39 is 46.8 Å². The summed E-state index contributed by atoms with van der Waals surface area (Å²) in [5.41, 5.74) is 3.85. The number of fused-ring (bicyclic) bond motifs is 4. The minimum absolute atomic E-state index is 0.123. The maximum atomic E-state index is 15.2. The van der Waals surface area contributed by atoms with Gasteiger partial charge in [0.15, 0.2) is 0 Å². The molecule has 12 heteroatoms. The van der Waals surface area contributed by atoms with Crippen LogP contribution in [-0.2, 0) is 37.7 Å². The Morgan fingerprint density at radius 2 is 1.69 bits per heavy atom. The van der Waals surface area contributed by atoms with Crippen LogP contribution in [0.1, 0.15) is 41.4 Å². The number of nitrogens with one attached hydrogen (secondary N) is 1. The van der Waals surface area contributed by atoms with Gasteiger partial charge in [0.05, 0.1) is 48.0 Å². The van der Waals surface area contributed by atoms with Gasteiger partial charge in [-0.15, -0.1) is 0 Å². The van der Waals surface area contributed by atoms with E-state index in [-0.39, 0.29) is 48.6 Å². The number of aliphatic hydroxyl groups is 1. The van der Waals surface area contributed by atoms with Crippen LogP contribution in [0.3, 0.4) is 0 Å². The van der Waals surface area contributed by atoms with Crippen molar-refractivity contribution in [3.63, 3.8) is 0 Å². The number of amides is 4. The van der Waals surface area contributed by atoms with Crippen molar-refractivity contribution < 1.29 is 33.4 Å². The van der Waals surface area contributed by atoms with Gasteiger partial charge in [-0.3, -0.25) is 29.5 Å². The summed E-state index contributed by atoms with van der Waals surface area (Å²) in [6, 6.07) is 24.4. The number of likely N-dealkylation sites (tertiary alicyclic amines) is 1. The maximum Gasteiger partial charge on any atom is 0.260 e. The van der Waals surface area contributed by atoms with E-state index in [0.717, 1.165) is 16.1 Å². The molecule has 2 aliphatic carbocycles. The van der Waals surface area contributed by atoms with Gasteiger partial charge in [0.1, 0.15) is 29.3 Å². The van der Waals surface area contributed by atoms with Crippen LogP contribution in [0.15, 0.2) is 101 Å². The number of hydrogen-bond donors (Lipinski definition) is 2. The number of hydrazine groups is 1. The molecule has 0 bridgehead atoms. The van der Waals surface area contributed by atoms with Gasteiger partial charge in [-0.1, -0.05) is 77.3 Å². The van der Waals surface area contributed by atoms with E-state index in [9.17, 15) is 19.5 Å². The highest BCUT2D eigenvalue weighted by molar-refractivity contribution is 6.36. The van der Waals surface area contributed by atoms with Crippen LogP contribution in [0.2, 0.25) is 10.0 Å². The van der Waals surface area contributed by atoms with Gasteiger partial charge in [-0.2, -0.15) is 5.01 Å². The molecular weight excluding hydrogens is 693 g/mol. The fourth-order valence-corrected chi connectivity index (χ4v) is 9.22. The zero-order valence-corrected chi connectivity index (χ0v) is 28.9. The maximum absolute atomic E-state index is 15.2. The summed E-state index contributed by atoms with van der Waals surface area (Å²) in [7, 11) is 1.54. The SMILES string of the molecule is COc1ccc(C23C(=O)N(Nc4ccc(Cl)cc4Cl)C(=O)C2CC2C(=CCC4C(=O)N(Cc5ccccc5)C(=O)C42)C3c2ccc(CO)o2)cc1. The summed E-state index contributed by atoms with van der Waals surface area (Å²) >= 11 is 12.7. The number of anilines is 1. The molecule has 1 saturated carbocycles. The number of carbonyl (C=O) groups is 4. The van der Waals surface area contributed by atoms with Gasteiger partial charge in [0.25, 0.3) is 11.8 Å². The lowest BCUT2D eigenvalue weighted by Gasteiger charge is -2.49. The van der Waals surface area contributed by atoms with Gasteiger partial charge < -0.3 is 14.3 Å². The Morgan fingerprint density at radius 1 is 0.922 bits per heavy atom. The number of nitrogens with zero attached hydrogens (tertiary/aromatic N) is 2. The molecule has 4 aromatic rings. The fraction of sp³-hybridized carbons (Fsp3) is 0.282. The first-order chi connectivity index (χ1) is 24.7. The summed E-state index contributed by atoms with van der Waals surface area (Å²) in [6.45, 7) is -0.235. The van der Waals surface area contributed by atoms with Crippen molar-refractivity contribution in [1.29, 1.82) is 0 Å². The number of hydrogen-bond acceptors (Lipinski definition) is 8. The summed E-state index contributed by atoms with van der Waals surface area (Å²) in [4.78, 5) is 59.6. The van der Waals surface area contributed by atoms with Crippen molar-refractivity contribution in [2.75, 3.05) is 12.5 Å². The number of benzene rings is 3. The van der Waals surface area contributed by atoms with E-state index in [1.165, 1.54) is 11.0 Å². The molecule has 4 amide bonds. The molecule has 10 nitrogen and oxygen atoms in total. The van der Waals surface area contributed by atoms with Gasteiger partial charge >= 0.3 is 0 Å². The predicted octanol–water partition coefficient (Wildman–Crippen LogP) is 6.27. The lowest BCUT2D eigenvalue weighted by atomic mass is 9.50. The van der Waals surface area contributed by atoms with E-state index in [4.69, 9.17) is 32.4 Å². The molecule has 2 aliphatic heterocycles. The largest absolute Gasteiger partial charge is 0.497 e. The van der Waals surface area contributed by atoms with Crippen molar-refractivity contribution in [2.45, 2.75) is 37.3 Å². The molecule has 2 N–H and O–H groups in total. The summed E-state index contributed by atoms with van der Waals surface area (Å²) in [6.07, 6.45) is 2.36. The van der Waals surface area contributed by atoms with Crippen LogP contribution in [-0.4, -0.2) is 45.8 Å². The quantitative estimate of drug-likeness (QED) is 0.161. The van der Waals surface area contributed by atoms with Crippen LogP contribution in [0.5, 0.6) is 5.75 Å². The molecule has 3 heterocycles. The third kappa shape index (κ3) is 5.11. The predicted molar refractivity (Wildman–Crippen MR) is 187 cm³/mol. The Balaban J connectivity index is 1.29. The Morgan fingerprint density at radius 3 is 2.37 bits per heavy atom. The minimum Gasteiger partial charge on any atom is -0.497 e. The average Bonchev–Trinajstić information content (AvgIpc) is 3.78. The summed E-state index contributed by atoms with van der Waals surface area (Å²) in [5, 5.41) is 11.6. The average molecular weight is 727 g/mol. The second kappa shape index (κ2) is 12.7. The molecular formula is C39H33Cl2N3O7. The number of methoxy groups -OCH3 is 1. The first-order valence-electron chi connectivity index (χ1n) is 16.7. The normalized spacial score (nSPS) is 26.9. The smallest absolute Gasteiger partial charge is 0.260 e. The van der Waals surface area contributed by atoms with Gasteiger partial charge in [-0.05, 0) is 72.4 Å².